The highest BCUT2D eigenvalue weighted by atomic mass is 16.1. The summed E-state index contributed by atoms with van der Waals surface area (Å²) >= 11 is 0. The minimum Gasteiger partial charge on any atom is -0.398 e. The number of rotatable bonds is 4. The van der Waals surface area contributed by atoms with E-state index in [-0.39, 0.29) is 0 Å². The molecule has 0 aliphatic heterocycles. The number of hydrogen-bond donors (Lipinski definition) is 1. The lowest BCUT2D eigenvalue weighted by Gasteiger charge is -2.14. The molecule has 3 aromatic rings. The summed E-state index contributed by atoms with van der Waals surface area (Å²) in [5.74, 6) is 0. The average molecular weight is 287 g/mol. The zero-order valence-electron chi connectivity index (χ0n) is 12.3. The largest absolute Gasteiger partial charge is 0.398 e. The highest BCUT2D eigenvalue weighted by Gasteiger charge is 2.14. The summed E-state index contributed by atoms with van der Waals surface area (Å²) in [6.07, 6.45) is 3.47. The summed E-state index contributed by atoms with van der Waals surface area (Å²) in [4.78, 5) is 11.6. The van der Waals surface area contributed by atoms with Crippen LogP contribution < -0.4 is 5.73 Å². The number of carbonyl (C=O) groups excluding carboxylic acids is 1. The van der Waals surface area contributed by atoms with Gasteiger partial charge in [-0.15, -0.1) is 6.58 Å². The Morgan fingerprint density at radius 2 is 1.73 bits per heavy atom. The van der Waals surface area contributed by atoms with Gasteiger partial charge < -0.3 is 5.73 Å². The third-order valence-electron chi connectivity index (χ3n) is 3.92. The topological polar surface area (TPSA) is 43.1 Å². The van der Waals surface area contributed by atoms with Gasteiger partial charge in [0.25, 0.3) is 0 Å². The number of nitrogens with two attached hydrogens (primary N) is 1. The maximum atomic E-state index is 11.6. The molecule has 0 aromatic heterocycles. The van der Waals surface area contributed by atoms with Crippen LogP contribution in [0.2, 0.25) is 0 Å². The molecule has 3 rings (SSSR count). The second kappa shape index (κ2) is 5.86. The first-order valence-electron chi connectivity index (χ1n) is 7.22. The van der Waals surface area contributed by atoms with E-state index in [2.05, 4.69) is 12.6 Å². The maximum Gasteiger partial charge on any atom is 0.152 e. The van der Waals surface area contributed by atoms with Crippen molar-refractivity contribution in [3.63, 3.8) is 0 Å². The van der Waals surface area contributed by atoms with E-state index in [0.717, 1.165) is 40.2 Å². The van der Waals surface area contributed by atoms with E-state index in [0.29, 0.717) is 11.3 Å². The zero-order valence-corrected chi connectivity index (χ0v) is 12.3. The molecular weight excluding hydrogens is 270 g/mol. The first-order chi connectivity index (χ1) is 10.8. The van der Waals surface area contributed by atoms with Crippen molar-refractivity contribution in [2.75, 3.05) is 5.73 Å². The van der Waals surface area contributed by atoms with Crippen LogP contribution in [0.15, 0.2) is 67.3 Å². The zero-order chi connectivity index (χ0) is 15.5. The van der Waals surface area contributed by atoms with Crippen molar-refractivity contribution < 1.29 is 4.79 Å². The molecule has 2 nitrogen and oxygen atoms in total. The Hall–Kier alpha value is -2.87. The average Bonchev–Trinajstić information content (AvgIpc) is 2.56. The predicted molar refractivity (Wildman–Crippen MR) is 93.1 cm³/mol. The van der Waals surface area contributed by atoms with Crippen LogP contribution >= 0.6 is 0 Å². The molecule has 0 aliphatic rings. The van der Waals surface area contributed by atoms with E-state index in [1.807, 2.05) is 54.6 Å². The molecule has 0 atom stereocenters. The molecule has 108 valence electrons. The van der Waals surface area contributed by atoms with Gasteiger partial charge in [-0.05, 0) is 34.6 Å². The van der Waals surface area contributed by atoms with Crippen LogP contribution in [0.4, 0.5) is 5.69 Å². The van der Waals surface area contributed by atoms with Crippen LogP contribution in [-0.4, -0.2) is 6.29 Å². The van der Waals surface area contributed by atoms with Crippen LogP contribution in [0.3, 0.4) is 0 Å². The molecular formula is C20H17NO. The normalized spacial score (nSPS) is 10.5. The Labute approximate surface area is 129 Å². The van der Waals surface area contributed by atoms with Gasteiger partial charge in [0.15, 0.2) is 6.29 Å². The first kappa shape index (κ1) is 14.1. The molecule has 0 radical (unpaired) electrons. The van der Waals surface area contributed by atoms with Gasteiger partial charge in [0, 0.05) is 10.9 Å². The highest BCUT2D eigenvalue weighted by Crippen LogP contribution is 2.35. The Morgan fingerprint density at radius 1 is 1.00 bits per heavy atom. The molecule has 0 spiro atoms. The van der Waals surface area contributed by atoms with E-state index in [1.54, 1.807) is 0 Å². The van der Waals surface area contributed by atoms with Crippen molar-refractivity contribution in [1.82, 2.24) is 0 Å². The van der Waals surface area contributed by atoms with E-state index >= 15 is 0 Å². The first-order valence-corrected chi connectivity index (χ1v) is 7.22. The summed E-state index contributed by atoms with van der Waals surface area (Å²) in [5, 5.41) is 1.95. The number of carbonyl (C=O) groups is 1. The molecule has 2 heteroatoms. The molecule has 0 unspecified atom stereocenters. The van der Waals surface area contributed by atoms with Crippen molar-refractivity contribution in [1.29, 1.82) is 0 Å². The van der Waals surface area contributed by atoms with E-state index in [9.17, 15) is 4.79 Å². The Balaban J connectivity index is 2.36. The smallest absolute Gasteiger partial charge is 0.152 e. The lowest BCUT2D eigenvalue weighted by molar-refractivity contribution is 0.112. The fraction of sp³-hybridized carbons (Fsp3) is 0.0500. The third-order valence-corrected chi connectivity index (χ3v) is 3.92. The predicted octanol–water partition coefficient (Wildman–Crippen LogP) is 4.63. The van der Waals surface area contributed by atoms with Gasteiger partial charge >= 0.3 is 0 Å². The van der Waals surface area contributed by atoms with Crippen LogP contribution in [0.25, 0.3) is 21.9 Å². The molecule has 22 heavy (non-hydrogen) atoms. The molecule has 0 heterocycles. The molecule has 0 aliphatic carbocycles. The molecule has 0 saturated carbocycles. The van der Waals surface area contributed by atoms with Crippen molar-refractivity contribution in [2.24, 2.45) is 0 Å². The Bertz CT molecular complexity index is 865. The van der Waals surface area contributed by atoms with Gasteiger partial charge in [-0.3, -0.25) is 4.79 Å². The van der Waals surface area contributed by atoms with E-state index in [1.165, 1.54) is 0 Å². The monoisotopic (exact) mass is 287 g/mol. The highest BCUT2D eigenvalue weighted by molar-refractivity contribution is 6.07. The third kappa shape index (κ3) is 2.29. The fourth-order valence-corrected chi connectivity index (χ4v) is 2.86. The summed E-state index contributed by atoms with van der Waals surface area (Å²) < 4.78 is 0. The summed E-state index contributed by atoms with van der Waals surface area (Å²) in [7, 11) is 0. The SMILES string of the molecule is C=CCc1ccccc1-c1cc2ccccc2c(N)c1C=O. The number of hydrogen-bond acceptors (Lipinski definition) is 2. The molecule has 0 amide bonds. The molecule has 0 fully saturated rings. The van der Waals surface area contributed by atoms with Crippen LogP contribution in [0.5, 0.6) is 0 Å². The van der Waals surface area contributed by atoms with Gasteiger partial charge in [-0.25, -0.2) is 0 Å². The van der Waals surface area contributed by atoms with Crippen LogP contribution in [0, 0.1) is 0 Å². The van der Waals surface area contributed by atoms with Crippen LogP contribution in [0.1, 0.15) is 15.9 Å². The van der Waals surface area contributed by atoms with E-state index in [4.69, 9.17) is 5.73 Å². The van der Waals surface area contributed by atoms with Crippen LogP contribution in [-0.2, 0) is 6.42 Å². The van der Waals surface area contributed by atoms with E-state index < -0.39 is 0 Å². The lowest BCUT2D eigenvalue weighted by Crippen LogP contribution is -1.99. The summed E-state index contributed by atoms with van der Waals surface area (Å²) in [5.41, 5.74) is 10.4. The lowest BCUT2D eigenvalue weighted by atomic mass is 9.91. The van der Waals surface area contributed by atoms with Crippen molar-refractivity contribution >= 4 is 22.7 Å². The molecule has 3 aromatic carbocycles. The summed E-state index contributed by atoms with van der Waals surface area (Å²) in [6.45, 7) is 3.81. The second-order valence-electron chi connectivity index (χ2n) is 5.24. The van der Waals surface area contributed by atoms with Gasteiger partial charge in [-0.2, -0.15) is 0 Å². The van der Waals surface area contributed by atoms with Crippen molar-refractivity contribution in [2.45, 2.75) is 6.42 Å². The maximum absolute atomic E-state index is 11.6. The van der Waals surface area contributed by atoms with Gasteiger partial charge in [-0.1, -0.05) is 54.6 Å². The quantitative estimate of drug-likeness (QED) is 0.432. The number of benzene rings is 3. The summed E-state index contributed by atoms with van der Waals surface area (Å²) in [6, 6.07) is 17.9. The van der Waals surface area contributed by atoms with Gasteiger partial charge in [0.05, 0.1) is 5.69 Å². The number of nitrogen functional groups attached to an aromatic ring is 1. The van der Waals surface area contributed by atoms with Gasteiger partial charge in [0.1, 0.15) is 0 Å². The fourth-order valence-electron chi connectivity index (χ4n) is 2.86. The Morgan fingerprint density at radius 3 is 2.50 bits per heavy atom. The molecule has 2 N–H and O–H groups in total. The minimum absolute atomic E-state index is 0.538. The Kier molecular flexibility index (Phi) is 3.75. The van der Waals surface area contributed by atoms with Gasteiger partial charge in [0.2, 0.25) is 0 Å². The number of fused-ring (bicyclic) bond motifs is 1. The molecule has 0 saturated heterocycles. The standard InChI is InChI=1S/C20H17NO/c1-2-7-14-8-3-5-10-16(14)18-12-15-9-4-6-11-17(15)20(21)19(18)13-22/h2-6,8-13H,1,7,21H2. The van der Waals surface area contributed by atoms with Crippen molar-refractivity contribution in [3.05, 3.63) is 78.4 Å². The number of allylic oxidation sites excluding steroid dienone is 1. The van der Waals surface area contributed by atoms with Crippen molar-refractivity contribution in [3.8, 4) is 11.1 Å². The molecule has 0 bridgehead atoms. The number of aldehydes is 1. The second-order valence-corrected chi connectivity index (χ2v) is 5.24. The number of anilines is 1. The minimum atomic E-state index is 0.538.